The van der Waals surface area contributed by atoms with Gasteiger partial charge in [0, 0.05) is 10.9 Å². The first-order chi connectivity index (χ1) is 11.1. The fraction of sp³-hybridized carbons (Fsp3) is 0.100. The summed E-state index contributed by atoms with van der Waals surface area (Å²) in [4.78, 5) is 0. The van der Waals surface area contributed by atoms with Gasteiger partial charge in [-0.05, 0) is 41.5 Å². The standard InChI is InChI=1S/C20H15ClF2/c1-2-3-4-13-5-8-16-14(11-13)6-9-17(20(16)23)15-7-10-18(21)19(22)12-15/h2,5-12H,1,3-4H2. The molecule has 3 rings (SSSR count). The van der Waals surface area contributed by atoms with Gasteiger partial charge in [-0.3, -0.25) is 0 Å². The molecule has 0 aliphatic rings. The molecule has 0 bridgehead atoms. The molecule has 0 N–H and O–H groups in total. The Bertz CT molecular complexity index is 884. The molecule has 0 unspecified atom stereocenters. The van der Waals surface area contributed by atoms with E-state index in [0.29, 0.717) is 16.5 Å². The highest BCUT2D eigenvalue weighted by molar-refractivity contribution is 6.30. The van der Waals surface area contributed by atoms with Crippen molar-refractivity contribution in [1.82, 2.24) is 0 Å². The third-order valence-electron chi connectivity index (χ3n) is 3.89. The fourth-order valence-electron chi connectivity index (χ4n) is 2.65. The van der Waals surface area contributed by atoms with E-state index >= 15 is 0 Å². The predicted octanol–water partition coefficient (Wildman–Crippen LogP) is 6.56. The normalized spacial score (nSPS) is 10.9. The lowest BCUT2D eigenvalue weighted by atomic mass is 9.98. The van der Waals surface area contributed by atoms with Crippen molar-refractivity contribution in [2.24, 2.45) is 0 Å². The number of hydrogen-bond acceptors (Lipinski definition) is 0. The summed E-state index contributed by atoms with van der Waals surface area (Å²) in [7, 11) is 0. The van der Waals surface area contributed by atoms with Crippen LogP contribution in [0.15, 0.2) is 61.2 Å². The van der Waals surface area contributed by atoms with Gasteiger partial charge in [-0.15, -0.1) is 6.58 Å². The van der Waals surface area contributed by atoms with Gasteiger partial charge in [0.1, 0.15) is 11.6 Å². The van der Waals surface area contributed by atoms with Crippen LogP contribution in [-0.2, 0) is 6.42 Å². The van der Waals surface area contributed by atoms with E-state index in [1.165, 1.54) is 12.1 Å². The van der Waals surface area contributed by atoms with E-state index in [-0.39, 0.29) is 10.8 Å². The second-order valence-electron chi connectivity index (χ2n) is 5.44. The summed E-state index contributed by atoms with van der Waals surface area (Å²) in [6.45, 7) is 3.71. The number of hydrogen-bond donors (Lipinski definition) is 0. The first kappa shape index (κ1) is 15.7. The number of halogens is 3. The molecule has 23 heavy (non-hydrogen) atoms. The Labute approximate surface area is 139 Å². The second kappa shape index (κ2) is 6.51. The molecule has 0 nitrogen and oxygen atoms in total. The molecule has 3 aromatic rings. The third kappa shape index (κ3) is 3.13. The molecule has 0 aromatic heterocycles. The first-order valence-electron chi connectivity index (χ1n) is 7.37. The maximum absolute atomic E-state index is 14.8. The van der Waals surface area contributed by atoms with Gasteiger partial charge in [0.05, 0.1) is 5.02 Å². The van der Waals surface area contributed by atoms with Crippen molar-refractivity contribution in [1.29, 1.82) is 0 Å². The number of rotatable bonds is 4. The van der Waals surface area contributed by atoms with Crippen LogP contribution in [0.3, 0.4) is 0 Å². The third-order valence-corrected chi connectivity index (χ3v) is 4.19. The Kier molecular flexibility index (Phi) is 4.44. The Morgan fingerprint density at radius 2 is 1.83 bits per heavy atom. The van der Waals surface area contributed by atoms with Gasteiger partial charge in [0.25, 0.3) is 0 Å². The van der Waals surface area contributed by atoms with Crippen LogP contribution in [0.5, 0.6) is 0 Å². The van der Waals surface area contributed by atoms with Crippen LogP contribution >= 0.6 is 11.6 Å². The summed E-state index contributed by atoms with van der Waals surface area (Å²) in [5.41, 5.74) is 1.98. The maximum Gasteiger partial charge on any atom is 0.142 e. The Hall–Kier alpha value is -2.19. The molecule has 0 spiro atoms. The molecule has 0 radical (unpaired) electrons. The molecule has 3 heteroatoms. The Morgan fingerprint density at radius 3 is 2.57 bits per heavy atom. The maximum atomic E-state index is 14.8. The van der Waals surface area contributed by atoms with Crippen molar-refractivity contribution in [3.8, 4) is 11.1 Å². The molecule has 0 saturated carbocycles. The van der Waals surface area contributed by atoms with Crippen LogP contribution in [0.4, 0.5) is 8.78 Å². The minimum Gasteiger partial charge on any atom is -0.206 e. The summed E-state index contributed by atoms with van der Waals surface area (Å²) < 4.78 is 28.4. The number of fused-ring (bicyclic) bond motifs is 1. The van der Waals surface area contributed by atoms with Crippen molar-refractivity contribution in [2.75, 3.05) is 0 Å². The van der Waals surface area contributed by atoms with E-state index in [4.69, 9.17) is 11.6 Å². The number of aryl methyl sites for hydroxylation is 1. The molecule has 3 aromatic carbocycles. The van der Waals surface area contributed by atoms with Gasteiger partial charge in [0.2, 0.25) is 0 Å². The van der Waals surface area contributed by atoms with E-state index in [2.05, 4.69) is 6.58 Å². The molecule has 116 valence electrons. The summed E-state index contributed by atoms with van der Waals surface area (Å²) in [6.07, 6.45) is 3.63. The van der Waals surface area contributed by atoms with Crippen molar-refractivity contribution >= 4 is 22.4 Å². The van der Waals surface area contributed by atoms with Crippen LogP contribution in [0, 0.1) is 11.6 Å². The van der Waals surface area contributed by atoms with Crippen LogP contribution in [0.2, 0.25) is 5.02 Å². The van der Waals surface area contributed by atoms with E-state index in [0.717, 1.165) is 23.8 Å². The van der Waals surface area contributed by atoms with Crippen LogP contribution in [-0.4, -0.2) is 0 Å². The molecule has 0 fully saturated rings. The molecular formula is C20H15ClF2. The number of allylic oxidation sites excluding steroid dienone is 1. The lowest BCUT2D eigenvalue weighted by molar-refractivity contribution is 0.627. The molecule has 0 aliphatic carbocycles. The summed E-state index contributed by atoms with van der Waals surface area (Å²) >= 11 is 5.69. The van der Waals surface area contributed by atoms with E-state index in [1.807, 2.05) is 24.3 Å². The van der Waals surface area contributed by atoms with Crippen molar-refractivity contribution < 1.29 is 8.78 Å². The highest BCUT2D eigenvalue weighted by Crippen LogP contribution is 2.31. The SMILES string of the molecule is C=CCCc1ccc2c(F)c(-c3ccc(Cl)c(F)c3)ccc2c1. The van der Waals surface area contributed by atoms with Crippen LogP contribution < -0.4 is 0 Å². The zero-order valence-electron chi connectivity index (χ0n) is 12.5. The minimum absolute atomic E-state index is 0.0295. The Balaban J connectivity index is 2.08. The minimum atomic E-state index is -0.552. The highest BCUT2D eigenvalue weighted by atomic mass is 35.5. The summed E-state index contributed by atoms with van der Waals surface area (Å²) in [5, 5.41) is 1.39. The molecule has 0 heterocycles. The van der Waals surface area contributed by atoms with E-state index in [1.54, 1.807) is 18.2 Å². The van der Waals surface area contributed by atoms with Gasteiger partial charge < -0.3 is 0 Å². The average Bonchev–Trinajstić information content (AvgIpc) is 2.56. The average molecular weight is 329 g/mol. The largest absolute Gasteiger partial charge is 0.206 e. The zero-order valence-corrected chi connectivity index (χ0v) is 13.2. The second-order valence-corrected chi connectivity index (χ2v) is 5.85. The lowest BCUT2D eigenvalue weighted by Crippen LogP contribution is -1.90. The highest BCUT2D eigenvalue weighted by Gasteiger charge is 2.11. The Morgan fingerprint density at radius 1 is 1.00 bits per heavy atom. The zero-order chi connectivity index (χ0) is 16.4. The lowest BCUT2D eigenvalue weighted by Gasteiger charge is -2.09. The van der Waals surface area contributed by atoms with Crippen molar-refractivity contribution in [3.63, 3.8) is 0 Å². The van der Waals surface area contributed by atoms with Crippen LogP contribution in [0.25, 0.3) is 21.9 Å². The molecule has 0 amide bonds. The van der Waals surface area contributed by atoms with Crippen molar-refractivity contribution in [3.05, 3.63) is 83.4 Å². The van der Waals surface area contributed by atoms with Crippen molar-refractivity contribution in [2.45, 2.75) is 12.8 Å². The molecule has 0 atom stereocenters. The van der Waals surface area contributed by atoms with Gasteiger partial charge in [-0.25, -0.2) is 8.78 Å². The molecule has 0 saturated heterocycles. The smallest absolute Gasteiger partial charge is 0.142 e. The van der Waals surface area contributed by atoms with Gasteiger partial charge in [-0.1, -0.05) is 54.1 Å². The first-order valence-corrected chi connectivity index (χ1v) is 7.75. The fourth-order valence-corrected chi connectivity index (χ4v) is 2.77. The summed E-state index contributed by atoms with van der Waals surface area (Å²) in [6, 6.07) is 13.5. The van der Waals surface area contributed by atoms with Gasteiger partial charge in [-0.2, -0.15) is 0 Å². The van der Waals surface area contributed by atoms with Gasteiger partial charge >= 0.3 is 0 Å². The quantitative estimate of drug-likeness (QED) is 0.476. The summed E-state index contributed by atoms with van der Waals surface area (Å²) in [5.74, 6) is -0.900. The van der Waals surface area contributed by atoms with Crippen LogP contribution in [0.1, 0.15) is 12.0 Å². The monoisotopic (exact) mass is 328 g/mol. The van der Waals surface area contributed by atoms with Gasteiger partial charge in [0.15, 0.2) is 0 Å². The van der Waals surface area contributed by atoms with E-state index in [9.17, 15) is 8.78 Å². The topological polar surface area (TPSA) is 0 Å². The molecule has 0 aliphatic heterocycles. The predicted molar refractivity (Wildman–Crippen MR) is 92.8 cm³/mol. The number of benzene rings is 3. The molecular weight excluding hydrogens is 314 g/mol. The van der Waals surface area contributed by atoms with E-state index < -0.39 is 5.82 Å².